The summed E-state index contributed by atoms with van der Waals surface area (Å²) >= 11 is 6.96. The maximum atomic E-state index is 6.00. The maximum absolute atomic E-state index is 6.00. The minimum Gasteiger partial charge on any atom is -0.489 e. The van der Waals surface area contributed by atoms with Crippen molar-refractivity contribution in [2.24, 2.45) is 0 Å². The Morgan fingerprint density at radius 1 is 0.840 bits per heavy atom. The monoisotopic (exact) mass is 460 g/mol. The Kier molecular flexibility index (Phi) is 6.16. The summed E-state index contributed by atoms with van der Waals surface area (Å²) in [6.45, 7) is 2.55. The number of alkyl halides is 1. The van der Waals surface area contributed by atoms with Crippen LogP contribution < -0.4 is 9.47 Å². The van der Waals surface area contributed by atoms with Gasteiger partial charge in [0.2, 0.25) is 0 Å². The summed E-state index contributed by atoms with van der Waals surface area (Å²) in [4.78, 5) is 0. The summed E-state index contributed by atoms with van der Waals surface area (Å²) < 4.78 is 13.0. The first-order chi connectivity index (χ1) is 12.1. The van der Waals surface area contributed by atoms with Crippen molar-refractivity contribution in [1.82, 2.24) is 0 Å². The molecule has 0 saturated heterocycles. The van der Waals surface area contributed by atoms with Crippen LogP contribution in [0.25, 0.3) is 0 Å². The number of hydrogen-bond acceptors (Lipinski definition) is 2. The predicted molar refractivity (Wildman–Crippen MR) is 109 cm³/mol. The van der Waals surface area contributed by atoms with Crippen LogP contribution in [-0.4, -0.2) is 0 Å². The van der Waals surface area contributed by atoms with Gasteiger partial charge in [-0.15, -0.1) is 0 Å². The molecule has 0 saturated carbocycles. The van der Waals surface area contributed by atoms with E-state index in [1.807, 2.05) is 67.6 Å². The van der Waals surface area contributed by atoms with E-state index in [1.54, 1.807) is 0 Å². The summed E-state index contributed by atoms with van der Waals surface area (Å²) in [6, 6.07) is 22.0. The largest absolute Gasteiger partial charge is 0.489 e. The molecule has 0 bridgehead atoms. The highest BCUT2D eigenvalue weighted by atomic mass is 79.9. The molecule has 3 aromatic carbocycles. The molecule has 2 nitrogen and oxygen atoms in total. The lowest BCUT2D eigenvalue weighted by molar-refractivity contribution is 0.303. The topological polar surface area (TPSA) is 18.5 Å². The minimum atomic E-state index is 0.502. The van der Waals surface area contributed by atoms with Crippen LogP contribution in [0, 0.1) is 6.92 Å². The number of para-hydroxylation sites is 1. The van der Waals surface area contributed by atoms with Gasteiger partial charge in [0.15, 0.2) is 0 Å². The first kappa shape index (κ1) is 18.0. The van der Waals surface area contributed by atoms with E-state index in [0.717, 1.165) is 43.7 Å². The number of aryl methyl sites for hydroxylation is 1. The summed E-state index contributed by atoms with van der Waals surface area (Å²) in [5.74, 6) is 2.52. The number of hydrogen-bond donors (Lipinski definition) is 0. The van der Waals surface area contributed by atoms with Gasteiger partial charge >= 0.3 is 0 Å². The fourth-order valence-corrected chi connectivity index (χ4v) is 3.05. The van der Waals surface area contributed by atoms with Crippen molar-refractivity contribution in [3.63, 3.8) is 0 Å². The quantitative estimate of drug-likeness (QED) is 0.367. The predicted octanol–water partition coefficient (Wildman–Crippen LogP) is 7.02. The first-order valence-electron chi connectivity index (χ1n) is 7.95. The van der Waals surface area contributed by atoms with E-state index in [-0.39, 0.29) is 0 Å². The summed E-state index contributed by atoms with van der Waals surface area (Å²) in [5.41, 5.74) is 3.36. The summed E-state index contributed by atoms with van der Waals surface area (Å²) in [7, 11) is 0. The zero-order valence-electron chi connectivity index (χ0n) is 13.8. The molecule has 0 heterocycles. The molecule has 0 aromatic heterocycles. The van der Waals surface area contributed by atoms with Gasteiger partial charge in [0.1, 0.15) is 23.9 Å². The van der Waals surface area contributed by atoms with Crippen molar-refractivity contribution in [3.05, 3.63) is 87.9 Å². The average molecular weight is 462 g/mol. The molecule has 0 unspecified atom stereocenters. The number of halogens is 2. The van der Waals surface area contributed by atoms with Crippen LogP contribution in [0.2, 0.25) is 0 Å². The van der Waals surface area contributed by atoms with E-state index in [1.165, 1.54) is 0 Å². The molecule has 0 spiro atoms. The molecule has 0 aliphatic rings. The smallest absolute Gasteiger partial charge is 0.128 e. The van der Waals surface area contributed by atoms with E-state index < -0.39 is 0 Å². The first-order valence-corrected chi connectivity index (χ1v) is 9.86. The minimum absolute atomic E-state index is 0.502. The van der Waals surface area contributed by atoms with Crippen LogP contribution in [0.4, 0.5) is 0 Å². The molecule has 0 fully saturated rings. The van der Waals surface area contributed by atoms with Gasteiger partial charge in [-0.2, -0.15) is 0 Å². The average Bonchev–Trinajstić information content (AvgIpc) is 2.63. The lowest BCUT2D eigenvalue weighted by Crippen LogP contribution is -1.98. The molecule has 128 valence electrons. The van der Waals surface area contributed by atoms with Crippen LogP contribution in [-0.2, 0) is 11.9 Å². The van der Waals surface area contributed by atoms with Crippen molar-refractivity contribution in [2.75, 3.05) is 0 Å². The van der Waals surface area contributed by atoms with Gasteiger partial charge < -0.3 is 9.47 Å². The lowest BCUT2D eigenvalue weighted by atomic mass is 10.1. The van der Waals surface area contributed by atoms with Crippen molar-refractivity contribution < 1.29 is 9.47 Å². The Morgan fingerprint density at radius 3 is 2.28 bits per heavy atom. The molecule has 0 N–H and O–H groups in total. The molecule has 25 heavy (non-hydrogen) atoms. The van der Waals surface area contributed by atoms with Crippen LogP contribution in [0.15, 0.2) is 71.2 Å². The molecular weight excluding hydrogens is 444 g/mol. The molecule has 0 amide bonds. The summed E-state index contributed by atoms with van der Waals surface area (Å²) in [6.07, 6.45) is 0. The molecule has 3 rings (SSSR count). The van der Waals surface area contributed by atoms with E-state index >= 15 is 0 Å². The van der Waals surface area contributed by atoms with Crippen LogP contribution in [0.3, 0.4) is 0 Å². The zero-order valence-corrected chi connectivity index (χ0v) is 17.0. The van der Waals surface area contributed by atoms with Gasteiger partial charge in [0, 0.05) is 9.80 Å². The molecule has 0 aliphatic carbocycles. The molecule has 4 heteroatoms. The van der Waals surface area contributed by atoms with Gasteiger partial charge in [-0.05, 0) is 66.1 Å². The second-order valence-corrected chi connectivity index (χ2v) is 7.21. The van der Waals surface area contributed by atoms with Gasteiger partial charge in [-0.25, -0.2) is 0 Å². The fraction of sp³-hybridized carbons (Fsp3) is 0.143. The molecule has 0 radical (unpaired) electrons. The third-order valence-electron chi connectivity index (χ3n) is 3.72. The van der Waals surface area contributed by atoms with Gasteiger partial charge in [-0.1, -0.05) is 56.1 Å². The Hall–Kier alpha value is -1.78. The summed E-state index contributed by atoms with van der Waals surface area (Å²) in [5, 5.41) is 0.766. The van der Waals surface area contributed by atoms with Crippen molar-refractivity contribution in [1.29, 1.82) is 0 Å². The molecule has 3 aromatic rings. The third-order valence-corrected chi connectivity index (χ3v) is 4.89. The molecular formula is C21H18Br2O2. The van der Waals surface area contributed by atoms with E-state index in [2.05, 4.69) is 37.9 Å². The fourth-order valence-electron chi connectivity index (χ4n) is 2.47. The van der Waals surface area contributed by atoms with E-state index in [4.69, 9.17) is 9.47 Å². The van der Waals surface area contributed by atoms with E-state index in [0.29, 0.717) is 6.61 Å². The normalized spacial score (nSPS) is 10.5. The highest BCUT2D eigenvalue weighted by Gasteiger charge is 2.05. The Balaban J connectivity index is 1.77. The van der Waals surface area contributed by atoms with Crippen LogP contribution >= 0.6 is 31.9 Å². The van der Waals surface area contributed by atoms with Crippen molar-refractivity contribution in [2.45, 2.75) is 18.9 Å². The lowest BCUT2D eigenvalue weighted by Gasteiger charge is -2.12. The number of rotatable bonds is 6. The van der Waals surface area contributed by atoms with Gasteiger partial charge in [-0.3, -0.25) is 0 Å². The zero-order chi connectivity index (χ0) is 17.6. The van der Waals surface area contributed by atoms with Crippen LogP contribution in [0.5, 0.6) is 17.2 Å². The van der Waals surface area contributed by atoms with Crippen LogP contribution in [0.1, 0.15) is 16.7 Å². The third kappa shape index (κ3) is 5.10. The Bertz CT molecular complexity index is 845. The van der Waals surface area contributed by atoms with Gasteiger partial charge in [0.25, 0.3) is 0 Å². The Labute approximate surface area is 165 Å². The second-order valence-electron chi connectivity index (χ2n) is 5.73. The van der Waals surface area contributed by atoms with E-state index in [9.17, 15) is 0 Å². The highest BCUT2D eigenvalue weighted by molar-refractivity contribution is 9.10. The molecule has 0 atom stereocenters. The maximum Gasteiger partial charge on any atom is 0.128 e. The van der Waals surface area contributed by atoms with Gasteiger partial charge in [0.05, 0.1) is 0 Å². The van der Waals surface area contributed by atoms with Crippen molar-refractivity contribution >= 4 is 31.9 Å². The number of benzene rings is 3. The SMILES string of the molecule is Cc1ccccc1OCc1cc(CBr)cc(Oc2ccc(Br)cc2)c1. The van der Waals surface area contributed by atoms with Crippen molar-refractivity contribution in [3.8, 4) is 17.2 Å². The second kappa shape index (κ2) is 8.54. The highest BCUT2D eigenvalue weighted by Crippen LogP contribution is 2.27. The Morgan fingerprint density at radius 2 is 1.56 bits per heavy atom. The molecule has 0 aliphatic heterocycles. The standard InChI is InChI=1S/C21H18Br2O2/c1-15-4-2-3-5-21(15)24-14-17-10-16(13-22)11-20(12-17)25-19-8-6-18(23)7-9-19/h2-12H,13-14H2,1H3. The number of ether oxygens (including phenoxy) is 2.